The number of hydrogen-bond acceptors (Lipinski definition) is 6. The first-order valence-electron chi connectivity index (χ1n) is 22.0. The lowest BCUT2D eigenvalue weighted by Gasteiger charge is -2.18. The summed E-state index contributed by atoms with van der Waals surface area (Å²) < 4.78 is 16.6. The van der Waals surface area contributed by atoms with Crippen LogP contribution >= 0.6 is 0 Å². The summed E-state index contributed by atoms with van der Waals surface area (Å²) in [7, 11) is 0. The van der Waals surface area contributed by atoms with Gasteiger partial charge in [-0.3, -0.25) is 14.4 Å². The minimum atomic E-state index is -0.845. The first kappa shape index (κ1) is 53.3. The summed E-state index contributed by atoms with van der Waals surface area (Å²) in [5.74, 6) is -1.10. The zero-order valence-corrected chi connectivity index (χ0v) is 36.2. The molecule has 58 heavy (non-hydrogen) atoms. The van der Waals surface area contributed by atoms with Gasteiger partial charge >= 0.3 is 17.9 Å². The molecule has 0 aromatic carbocycles. The van der Waals surface area contributed by atoms with Crippen molar-refractivity contribution >= 4 is 17.9 Å². The molecule has 6 heteroatoms. The molecule has 0 heterocycles. The third-order valence-corrected chi connectivity index (χ3v) is 8.29. The largest absolute Gasteiger partial charge is 0.462 e. The first-order valence-corrected chi connectivity index (χ1v) is 22.0. The van der Waals surface area contributed by atoms with E-state index < -0.39 is 12.1 Å². The van der Waals surface area contributed by atoms with Crippen LogP contribution in [0.25, 0.3) is 0 Å². The molecule has 1 unspecified atom stereocenters. The first-order chi connectivity index (χ1) is 28.5. The van der Waals surface area contributed by atoms with Crippen LogP contribution in [0.15, 0.2) is 146 Å². The predicted molar refractivity (Wildman–Crippen MR) is 246 cm³/mol. The van der Waals surface area contributed by atoms with Crippen LogP contribution in [0.1, 0.15) is 143 Å². The molecule has 0 spiro atoms. The molecule has 320 valence electrons. The van der Waals surface area contributed by atoms with Gasteiger partial charge in [-0.25, -0.2) is 0 Å². The zero-order valence-electron chi connectivity index (χ0n) is 36.2. The second-order valence-corrected chi connectivity index (χ2v) is 13.7. The molecule has 1 atom stereocenters. The van der Waals surface area contributed by atoms with Crippen LogP contribution in [-0.4, -0.2) is 37.2 Å². The summed E-state index contributed by atoms with van der Waals surface area (Å²) in [5, 5.41) is 0. The SMILES string of the molecule is CC\C=C/C=C\C=C/C=C\C=C/CCCC(=O)OC(COC(=O)CCCC/C=C\C/C=C\C/C=C\CC)COC(=O)CCCCCCC\C=C/C=C\C=C/C=C\CC. The molecule has 0 aliphatic rings. The lowest BCUT2D eigenvalue weighted by atomic mass is 10.1. The number of ether oxygens (including phenoxy) is 3. The maximum atomic E-state index is 12.7. The third kappa shape index (κ3) is 42.4. The van der Waals surface area contributed by atoms with E-state index in [1.54, 1.807) is 0 Å². The van der Waals surface area contributed by atoms with E-state index >= 15 is 0 Å². The van der Waals surface area contributed by atoms with Crippen LogP contribution in [0.5, 0.6) is 0 Å². The van der Waals surface area contributed by atoms with Gasteiger partial charge in [-0.05, 0) is 83.5 Å². The quantitative estimate of drug-likeness (QED) is 0.0207. The lowest BCUT2D eigenvalue weighted by molar-refractivity contribution is -0.167. The Morgan fingerprint density at radius 2 is 0.724 bits per heavy atom. The van der Waals surface area contributed by atoms with E-state index in [-0.39, 0.29) is 38.0 Å². The molecule has 6 nitrogen and oxygen atoms in total. The molecule has 0 aliphatic heterocycles. The Balaban J connectivity index is 4.64. The van der Waals surface area contributed by atoms with Crippen LogP contribution in [0.3, 0.4) is 0 Å². The van der Waals surface area contributed by atoms with E-state index in [2.05, 4.69) is 81.5 Å². The summed E-state index contributed by atoms with van der Waals surface area (Å²) in [6, 6.07) is 0. The normalized spacial score (nSPS) is 13.5. The van der Waals surface area contributed by atoms with Gasteiger partial charge in [0.2, 0.25) is 0 Å². The molecule has 0 saturated carbocycles. The topological polar surface area (TPSA) is 78.9 Å². The van der Waals surface area contributed by atoms with Crippen molar-refractivity contribution in [1.82, 2.24) is 0 Å². The number of carbonyl (C=O) groups excluding carboxylic acids is 3. The molecule has 0 bridgehead atoms. The Morgan fingerprint density at radius 1 is 0.362 bits per heavy atom. The highest BCUT2D eigenvalue weighted by molar-refractivity contribution is 5.71. The second-order valence-electron chi connectivity index (χ2n) is 13.7. The number of hydrogen-bond donors (Lipinski definition) is 0. The van der Waals surface area contributed by atoms with Crippen LogP contribution in [-0.2, 0) is 28.6 Å². The minimum absolute atomic E-state index is 0.139. The molecule has 0 aromatic rings. The molecule has 0 radical (unpaired) electrons. The standard InChI is InChI=1S/C52H76O6/c1-4-7-10-13-16-19-22-25-26-28-30-33-36-39-42-45-51(54)57-48-49(47-56-50(53)44-41-38-35-32-29-24-21-18-15-12-9-6-3)58-52(55)46-43-40-37-34-31-27-23-20-17-14-11-8-5-2/h7-14,16-23,25-27,29,31-32,34,37,49H,4-6,15,24,28,30,33,35-36,38-48H2,1-3H3/b10-7-,11-8-,12-9-,16-13-,17-14-,21-18-,22-19-,23-20-,26-25-,31-27-,32-29-,37-34-. The van der Waals surface area contributed by atoms with Gasteiger partial charge in [0.05, 0.1) is 0 Å². The van der Waals surface area contributed by atoms with Crippen molar-refractivity contribution in [3.05, 3.63) is 146 Å². The Bertz CT molecular complexity index is 1380. The number of carbonyl (C=O) groups is 3. The molecular weight excluding hydrogens is 721 g/mol. The molecular formula is C52H76O6. The van der Waals surface area contributed by atoms with E-state index in [1.165, 1.54) is 0 Å². The van der Waals surface area contributed by atoms with Crippen LogP contribution in [0, 0.1) is 0 Å². The molecule has 0 aliphatic carbocycles. The van der Waals surface area contributed by atoms with Gasteiger partial charge in [-0.15, -0.1) is 0 Å². The Labute approximate surface area is 353 Å². The highest BCUT2D eigenvalue weighted by Crippen LogP contribution is 2.10. The Kier molecular flexibility index (Phi) is 41.3. The van der Waals surface area contributed by atoms with Gasteiger partial charge in [0, 0.05) is 19.3 Å². The highest BCUT2D eigenvalue weighted by Gasteiger charge is 2.19. The van der Waals surface area contributed by atoms with Crippen LogP contribution in [0.2, 0.25) is 0 Å². The maximum absolute atomic E-state index is 12.7. The van der Waals surface area contributed by atoms with Crippen molar-refractivity contribution in [2.24, 2.45) is 0 Å². The molecule has 0 fully saturated rings. The molecule has 0 saturated heterocycles. The monoisotopic (exact) mass is 797 g/mol. The fraction of sp³-hybridized carbons (Fsp3) is 0.481. The van der Waals surface area contributed by atoms with Crippen molar-refractivity contribution in [2.75, 3.05) is 13.2 Å². The van der Waals surface area contributed by atoms with Crippen molar-refractivity contribution in [3.63, 3.8) is 0 Å². The molecule has 0 rings (SSSR count). The van der Waals surface area contributed by atoms with Gasteiger partial charge in [-0.1, -0.05) is 186 Å². The number of allylic oxidation sites excluding steroid dienone is 24. The molecule has 0 N–H and O–H groups in total. The number of rotatable bonds is 36. The second kappa shape index (κ2) is 45.0. The average molecular weight is 797 g/mol. The van der Waals surface area contributed by atoms with Crippen molar-refractivity contribution in [1.29, 1.82) is 0 Å². The fourth-order valence-corrected chi connectivity index (χ4v) is 5.08. The summed E-state index contributed by atoms with van der Waals surface area (Å²) >= 11 is 0. The Hall–Kier alpha value is -4.71. The van der Waals surface area contributed by atoms with Crippen molar-refractivity contribution in [2.45, 2.75) is 149 Å². The molecule has 0 aromatic heterocycles. The number of esters is 3. The predicted octanol–water partition coefficient (Wildman–Crippen LogP) is 14.1. The summed E-state index contributed by atoms with van der Waals surface area (Å²) in [6.07, 6.45) is 64.1. The van der Waals surface area contributed by atoms with E-state index in [1.807, 2.05) is 85.1 Å². The summed E-state index contributed by atoms with van der Waals surface area (Å²) in [5.41, 5.74) is 0. The summed E-state index contributed by atoms with van der Waals surface area (Å²) in [6.45, 7) is 6.07. The minimum Gasteiger partial charge on any atom is -0.462 e. The average Bonchev–Trinajstić information content (AvgIpc) is 3.22. The highest BCUT2D eigenvalue weighted by atomic mass is 16.6. The summed E-state index contributed by atoms with van der Waals surface area (Å²) in [4.78, 5) is 37.7. The van der Waals surface area contributed by atoms with Crippen LogP contribution in [0.4, 0.5) is 0 Å². The van der Waals surface area contributed by atoms with Gasteiger partial charge in [0.25, 0.3) is 0 Å². The van der Waals surface area contributed by atoms with E-state index in [0.717, 1.165) is 83.5 Å². The maximum Gasteiger partial charge on any atom is 0.306 e. The third-order valence-electron chi connectivity index (χ3n) is 8.29. The zero-order chi connectivity index (χ0) is 42.3. The van der Waals surface area contributed by atoms with Gasteiger partial charge in [0.1, 0.15) is 13.2 Å². The van der Waals surface area contributed by atoms with Crippen molar-refractivity contribution < 1.29 is 28.6 Å². The molecule has 0 amide bonds. The van der Waals surface area contributed by atoms with E-state index in [0.29, 0.717) is 25.7 Å². The van der Waals surface area contributed by atoms with Gasteiger partial charge in [-0.2, -0.15) is 0 Å². The van der Waals surface area contributed by atoms with Gasteiger partial charge < -0.3 is 14.2 Å². The van der Waals surface area contributed by atoms with Gasteiger partial charge in [0.15, 0.2) is 6.10 Å². The van der Waals surface area contributed by atoms with E-state index in [4.69, 9.17) is 14.2 Å². The van der Waals surface area contributed by atoms with Crippen molar-refractivity contribution in [3.8, 4) is 0 Å². The Morgan fingerprint density at radius 3 is 1.26 bits per heavy atom. The smallest absolute Gasteiger partial charge is 0.306 e. The number of unbranched alkanes of at least 4 members (excludes halogenated alkanes) is 8. The lowest BCUT2D eigenvalue weighted by Crippen LogP contribution is -2.30. The van der Waals surface area contributed by atoms with E-state index in [9.17, 15) is 14.4 Å². The van der Waals surface area contributed by atoms with Crippen LogP contribution < -0.4 is 0 Å². The fourth-order valence-electron chi connectivity index (χ4n) is 5.08.